The number of nitrogens with one attached hydrogen (secondary N) is 1. The maximum Gasteiger partial charge on any atom is 0.225 e. The average Bonchev–Trinajstić information content (AvgIpc) is 3.29. The Kier molecular flexibility index (Phi) is 6.54. The number of nitrogens with zero attached hydrogens (tertiary/aromatic N) is 2. The van der Waals surface area contributed by atoms with E-state index in [1.165, 1.54) is 19.8 Å². The largest absolute Gasteiger partial charge is 0.457 e. The molecule has 2 amide bonds. The molecule has 1 atom stereocenters. The fourth-order valence-corrected chi connectivity index (χ4v) is 4.72. The predicted octanol–water partition coefficient (Wildman–Crippen LogP) is 5.04. The van der Waals surface area contributed by atoms with Crippen molar-refractivity contribution >= 4 is 17.5 Å². The molecular formula is C25H31N3O3. The van der Waals surface area contributed by atoms with E-state index in [1.54, 1.807) is 0 Å². The molecule has 2 fully saturated rings. The minimum absolute atomic E-state index is 0.101. The molecule has 1 aliphatic heterocycles. The van der Waals surface area contributed by atoms with Gasteiger partial charge in [-0.25, -0.2) is 0 Å². The highest BCUT2D eigenvalue weighted by Gasteiger charge is 2.31. The Balaban J connectivity index is 1.45. The zero-order chi connectivity index (χ0) is 21.8. The first-order valence-corrected chi connectivity index (χ1v) is 11.3. The van der Waals surface area contributed by atoms with Crippen molar-refractivity contribution in [2.75, 3.05) is 18.4 Å². The van der Waals surface area contributed by atoms with Gasteiger partial charge in [0.25, 0.3) is 0 Å². The van der Waals surface area contributed by atoms with E-state index in [0.29, 0.717) is 11.7 Å². The number of anilines is 1. The van der Waals surface area contributed by atoms with Crippen LogP contribution in [0.5, 0.6) is 11.5 Å². The Morgan fingerprint density at radius 1 is 1.03 bits per heavy atom. The fourth-order valence-electron chi connectivity index (χ4n) is 4.72. The molecule has 2 heterocycles. The lowest BCUT2D eigenvalue weighted by atomic mass is 9.92. The second kappa shape index (κ2) is 9.50. The van der Waals surface area contributed by atoms with Gasteiger partial charge in [-0.05, 0) is 56.9 Å². The number of pyridine rings is 1. The smallest absolute Gasteiger partial charge is 0.225 e. The van der Waals surface area contributed by atoms with Crippen molar-refractivity contribution < 1.29 is 14.3 Å². The van der Waals surface area contributed by atoms with E-state index < -0.39 is 0 Å². The first-order chi connectivity index (χ1) is 15.0. The lowest BCUT2D eigenvalue weighted by Gasteiger charge is -2.34. The van der Waals surface area contributed by atoms with Crippen LogP contribution in [0.2, 0.25) is 0 Å². The summed E-state index contributed by atoms with van der Waals surface area (Å²) in [4.78, 5) is 30.9. The van der Waals surface area contributed by atoms with E-state index >= 15 is 0 Å². The Bertz CT molecular complexity index is 936. The summed E-state index contributed by atoms with van der Waals surface area (Å²) < 4.78 is 6.07. The highest BCUT2D eigenvalue weighted by atomic mass is 16.5. The van der Waals surface area contributed by atoms with Crippen LogP contribution in [0.1, 0.15) is 62.8 Å². The first kappa shape index (κ1) is 21.3. The molecular weight excluding hydrogens is 390 g/mol. The second-order valence-electron chi connectivity index (χ2n) is 8.78. The number of amides is 2. The minimum Gasteiger partial charge on any atom is -0.457 e. The van der Waals surface area contributed by atoms with Gasteiger partial charge in [0.15, 0.2) is 0 Å². The van der Waals surface area contributed by atoms with Gasteiger partial charge in [-0.1, -0.05) is 12.8 Å². The number of aromatic nitrogens is 1. The number of likely N-dealkylation sites (tertiary alicyclic amines) is 1. The number of ether oxygens (including phenoxy) is 1. The number of carbonyl (C=O) groups is 2. The molecule has 4 rings (SSSR count). The SMILES string of the molecule is CC(=O)Nc1ccc(Oc2cc(C)nc(C3CCCN(C(=O)C4CCCC4)C3)c2)cc1. The van der Waals surface area contributed by atoms with Crippen molar-refractivity contribution in [1.82, 2.24) is 9.88 Å². The van der Waals surface area contributed by atoms with Crippen LogP contribution in [0.25, 0.3) is 0 Å². The van der Waals surface area contributed by atoms with Gasteiger partial charge in [-0.2, -0.15) is 0 Å². The third kappa shape index (κ3) is 5.43. The highest BCUT2D eigenvalue weighted by molar-refractivity contribution is 5.88. The highest BCUT2D eigenvalue weighted by Crippen LogP contribution is 2.33. The zero-order valence-corrected chi connectivity index (χ0v) is 18.4. The molecule has 1 saturated heterocycles. The van der Waals surface area contributed by atoms with E-state index in [-0.39, 0.29) is 17.7 Å². The standard InChI is InChI=1S/C25H31N3O3/c1-17-14-23(31-22-11-9-21(10-12-22)27-18(2)29)15-24(26-17)20-8-5-13-28(16-20)25(30)19-6-3-4-7-19/h9-12,14-15,19-20H,3-8,13,16H2,1-2H3,(H,27,29). The van der Waals surface area contributed by atoms with Crippen LogP contribution in [0.15, 0.2) is 36.4 Å². The van der Waals surface area contributed by atoms with Crippen molar-refractivity contribution in [3.05, 3.63) is 47.8 Å². The van der Waals surface area contributed by atoms with Gasteiger partial charge in [0, 0.05) is 61.1 Å². The molecule has 6 nitrogen and oxygen atoms in total. The van der Waals surface area contributed by atoms with Crippen LogP contribution in [0.3, 0.4) is 0 Å². The molecule has 1 unspecified atom stereocenters. The Labute approximate surface area is 184 Å². The summed E-state index contributed by atoms with van der Waals surface area (Å²) in [7, 11) is 0. The van der Waals surface area contributed by atoms with Crippen LogP contribution in [0.4, 0.5) is 5.69 Å². The predicted molar refractivity (Wildman–Crippen MR) is 120 cm³/mol. The molecule has 2 aliphatic rings. The van der Waals surface area contributed by atoms with Gasteiger partial charge in [-0.3, -0.25) is 14.6 Å². The average molecular weight is 422 g/mol. The molecule has 164 valence electrons. The number of aryl methyl sites for hydroxylation is 1. The Morgan fingerprint density at radius 2 is 1.77 bits per heavy atom. The molecule has 1 N–H and O–H groups in total. The van der Waals surface area contributed by atoms with Gasteiger partial charge >= 0.3 is 0 Å². The van der Waals surface area contributed by atoms with E-state index in [4.69, 9.17) is 9.72 Å². The van der Waals surface area contributed by atoms with Crippen LogP contribution in [-0.2, 0) is 9.59 Å². The normalized spacial score (nSPS) is 19.3. The van der Waals surface area contributed by atoms with E-state index in [1.807, 2.05) is 43.3 Å². The van der Waals surface area contributed by atoms with Gasteiger partial charge in [0.1, 0.15) is 11.5 Å². The van der Waals surface area contributed by atoms with Crippen LogP contribution < -0.4 is 10.1 Å². The lowest BCUT2D eigenvalue weighted by Crippen LogP contribution is -2.42. The minimum atomic E-state index is -0.101. The molecule has 0 bridgehead atoms. The summed E-state index contributed by atoms with van der Waals surface area (Å²) in [5.74, 6) is 2.15. The van der Waals surface area contributed by atoms with Crippen molar-refractivity contribution in [3.8, 4) is 11.5 Å². The van der Waals surface area contributed by atoms with Gasteiger partial charge in [0.05, 0.1) is 0 Å². The summed E-state index contributed by atoms with van der Waals surface area (Å²) in [6.07, 6.45) is 6.50. The Morgan fingerprint density at radius 3 is 2.48 bits per heavy atom. The van der Waals surface area contributed by atoms with Crippen LogP contribution >= 0.6 is 0 Å². The molecule has 1 aromatic carbocycles. The molecule has 0 spiro atoms. The number of hydrogen-bond donors (Lipinski definition) is 1. The topological polar surface area (TPSA) is 71.5 Å². The van der Waals surface area contributed by atoms with Crippen molar-refractivity contribution in [2.24, 2.45) is 5.92 Å². The molecule has 31 heavy (non-hydrogen) atoms. The number of piperidine rings is 1. The zero-order valence-electron chi connectivity index (χ0n) is 18.4. The quantitative estimate of drug-likeness (QED) is 0.734. The molecule has 6 heteroatoms. The monoisotopic (exact) mass is 421 g/mol. The number of carbonyl (C=O) groups excluding carboxylic acids is 2. The molecule has 1 saturated carbocycles. The van der Waals surface area contributed by atoms with Gasteiger partial charge < -0.3 is 15.0 Å². The summed E-state index contributed by atoms with van der Waals surface area (Å²) in [6, 6.07) is 11.2. The lowest BCUT2D eigenvalue weighted by molar-refractivity contribution is -0.136. The summed E-state index contributed by atoms with van der Waals surface area (Å²) in [5, 5.41) is 2.75. The van der Waals surface area contributed by atoms with E-state index in [2.05, 4.69) is 10.2 Å². The number of hydrogen-bond acceptors (Lipinski definition) is 4. The molecule has 1 aromatic heterocycles. The first-order valence-electron chi connectivity index (χ1n) is 11.3. The van der Waals surface area contributed by atoms with Crippen molar-refractivity contribution in [3.63, 3.8) is 0 Å². The molecule has 2 aromatic rings. The molecule has 0 radical (unpaired) electrons. The van der Waals surface area contributed by atoms with E-state index in [9.17, 15) is 9.59 Å². The maximum absolute atomic E-state index is 12.9. The van der Waals surface area contributed by atoms with E-state index in [0.717, 1.165) is 61.6 Å². The van der Waals surface area contributed by atoms with Gasteiger partial charge in [0.2, 0.25) is 11.8 Å². The number of benzene rings is 1. The molecule has 1 aliphatic carbocycles. The fraction of sp³-hybridized carbons (Fsp3) is 0.480. The summed E-state index contributed by atoms with van der Waals surface area (Å²) in [5.41, 5.74) is 2.64. The van der Waals surface area contributed by atoms with Gasteiger partial charge in [-0.15, -0.1) is 0 Å². The number of rotatable bonds is 5. The van der Waals surface area contributed by atoms with Crippen molar-refractivity contribution in [2.45, 2.75) is 58.3 Å². The second-order valence-corrected chi connectivity index (χ2v) is 8.78. The van der Waals surface area contributed by atoms with Crippen LogP contribution in [0, 0.1) is 12.8 Å². The maximum atomic E-state index is 12.9. The Hall–Kier alpha value is -2.89. The summed E-state index contributed by atoms with van der Waals surface area (Å²) >= 11 is 0. The third-order valence-corrected chi connectivity index (χ3v) is 6.21. The van der Waals surface area contributed by atoms with Crippen LogP contribution in [-0.4, -0.2) is 34.8 Å². The van der Waals surface area contributed by atoms with Crippen molar-refractivity contribution in [1.29, 1.82) is 0 Å². The third-order valence-electron chi connectivity index (χ3n) is 6.21. The summed E-state index contributed by atoms with van der Waals surface area (Å²) in [6.45, 7) is 5.07.